The Morgan fingerprint density at radius 3 is 2.90 bits per heavy atom. The number of carbonyl (C=O) groups excluding carboxylic acids is 1. The molecule has 1 N–H and O–H groups in total. The Balaban J connectivity index is 1.62. The highest BCUT2D eigenvalue weighted by molar-refractivity contribution is 8.01. The summed E-state index contributed by atoms with van der Waals surface area (Å²) in [6.07, 6.45) is 1.03. The highest BCUT2D eigenvalue weighted by Crippen LogP contribution is 2.42. The number of carbonyl (C=O) groups is 1. The lowest BCUT2D eigenvalue weighted by molar-refractivity contribution is -0.382. The van der Waals surface area contributed by atoms with E-state index in [0.29, 0.717) is 17.7 Å². The largest absolute Gasteiger partial charge is 0.464 e. The molecule has 10 nitrogen and oxygen atoms in total. The number of nitrogens with one attached hydrogen (secondary N) is 1. The van der Waals surface area contributed by atoms with Gasteiger partial charge in [0.2, 0.25) is 5.52 Å². The van der Waals surface area contributed by atoms with Crippen LogP contribution in [0.4, 0.5) is 11.4 Å². The topological polar surface area (TPSA) is 133 Å². The molecular formula is C19H17N5O5S2. The Morgan fingerprint density at radius 1 is 1.32 bits per heavy atom. The number of esters is 1. The highest BCUT2D eigenvalue weighted by atomic mass is 32.2. The summed E-state index contributed by atoms with van der Waals surface area (Å²) in [7, 11) is 0. The summed E-state index contributed by atoms with van der Waals surface area (Å²) in [6.45, 7) is 2.18. The number of fused-ring (bicyclic) bond motifs is 2. The number of rotatable bonds is 9. The van der Waals surface area contributed by atoms with Gasteiger partial charge in [-0.25, -0.2) is 9.61 Å². The molecule has 2 aromatic carbocycles. The third-order valence-electron chi connectivity index (χ3n) is 4.27. The molecule has 0 spiro atoms. The number of nitrogens with zero attached hydrogens (tertiary/aromatic N) is 4. The van der Waals surface area contributed by atoms with E-state index >= 15 is 0 Å². The second-order valence-corrected chi connectivity index (χ2v) is 8.76. The minimum atomic E-state index is -0.538. The maximum absolute atomic E-state index is 11.7. The van der Waals surface area contributed by atoms with E-state index in [9.17, 15) is 14.9 Å². The van der Waals surface area contributed by atoms with Crippen molar-refractivity contribution < 1.29 is 19.1 Å². The molecule has 0 atom stereocenters. The number of ether oxygens (including phenoxy) is 1. The summed E-state index contributed by atoms with van der Waals surface area (Å²) >= 11 is 2.84. The number of para-hydroxylation sites is 1. The van der Waals surface area contributed by atoms with E-state index in [-0.39, 0.29) is 41.5 Å². The van der Waals surface area contributed by atoms with Gasteiger partial charge in [0.05, 0.1) is 15.1 Å². The zero-order valence-corrected chi connectivity index (χ0v) is 18.0. The first-order valence-electron chi connectivity index (χ1n) is 9.43. The first-order valence-corrected chi connectivity index (χ1v) is 11.1. The fourth-order valence-electron chi connectivity index (χ4n) is 2.91. The summed E-state index contributed by atoms with van der Waals surface area (Å²) in [5.74, 6) is -0.304. The SMILES string of the molecule is CCCC(=O)OCCNc1cc(Sc2nc3ccccc3s2)c2nonc2c1[N+](=O)[O-]. The van der Waals surface area contributed by atoms with E-state index in [4.69, 9.17) is 9.37 Å². The van der Waals surface area contributed by atoms with Crippen LogP contribution in [0.2, 0.25) is 0 Å². The van der Waals surface area contributed by atoms with Crippen LogP contribution in [-0.4, -0.2) is 39.3 Å². The van der Waals surface area contributed by atoms with Gasteiger partial charge < -0.3 is 10.1 Å². The van der Waals surface area contributed by atoms with Crippen LogP contribution in [0.5, 0.6) is 0 Å². The third kappa shape index (κ3) is 4.59. The number of thiazole rings is 1. The zero-order valence-electron chi connectivity index (χ0n) is 16.4. The smallest absolute Gasteiger partial charge is 0.323 e. The van der Waals surface area contributed by atoms with Crippen molar-refractivity contribution >= 4 is 61.7 Å². The van der Waals surface area contributed by atoms with E-state index in [1.54, 1.807) is 6.07 Å². The number of anilines is 1. The van der Waals surface area contributed by atoms with Crippen molar-refractivity contribution in [2.75, 3.05) is 18.5 Å². The normalized spacial score (nSPS) is 11.1. The number of hydrogen-bond acceptors (Lipinski definition) is 11. The van der Waals surface area contributed by atoms with E-state index in [0.717, 1.165) is 14.6 Å². The summed E-state index contributed by atoms with van der Waals surface area (Å²) < 4.78 is 11.7. The van der Waals surface area contributed by atoms with Gasteiger partial charge in [-0.05, 0) is 34.9 Å². The molecule has 0 saturated heterocycles. The molecular weight excluding hydrogens is 442 g/mol. The van der Waals surface area contributed by atoms with E-state index in [1.807, 2.05) is 31.2 Å². The molecule has 0 radical (unpaired) electrons. The van der Waals surface area contributed by atoms with Crippen molar-refractivity contribution in [3.05, 3.63) is 40.4 Å². The van der Waals surface area contributed by atoms with Crippen LogP contribution in [0.25, 0.3) is 21.3 Å². The average molecular weight is 460 g/mol. The molecule has 0 saturated carbocycles. The van der Waals surface area contributed by atoms with Crippen LogP contribution in [0, 0.1) is 10.1 Å². The molecule has 31 heavy (non-hydrogen) atoms. The molecule has 4 aromatic rings. The predicted octanol–water partition coefficient (Wildman–Crippen LogP) is 4.65. The monoisotopic (exact) mass is 459 g/mol. The molecule has 0 aliphatic carbocycles. The Morgan fingerprint density at radius 2 is 2.13 bits per heavy atom. The van der Waals surface area contributed by atoms with Crippen LogP contribution in [0.15, 0.2) is 44.2 Å². The molecule has 2 aromatic heterocycles. The Bertz CT molecular complexity index is 1220. The van der Waals surface area contributed by atoms with Crippen molar-refractivity contribution in [3.63, 3.8) is 0 Å². The van der Waals surface area contributed by atoms with Gasteiger partial charge in [0.1, 0.15) is 12.3 Å². The fraction of sp³-hybridized carbons (Fsp3) is 0.263. The minimum Gasteiger partial charge on any atom is -0.464 e. The van der Waals surface area contributed by atoms with Crippen LogP contribution >= 0.6 is 23.1 Å². The lowest BCUT2D eigenvalue weighted by Crippen LogP contribution is -2.14. The summed E-state index contributed by atoms with van der Waals surface area (Å²) in [4.78, 5) is 27.9. The first kappa shape index (κ1) is 21.0. The second-order valence-electron chi connectivity index (χ2n) is 6.44. The lowest BCUT2D eigenvalue weighted by Gasteiger charge is -2.09. The van der Waals surface area contributed by atoms with E-state index in [1.165, 1.54) is 23.1 Å². The lowest BCUT2D eigenvalue weighted by atomic mass is 10.2. The maximum Gasteiger partial charge on any atom is 0.323 e. The van der Waals surface area contributed by atoms with Gasteiger partial charge in [-0.2, -0.15) is 0 Å². The van der Waals surface area contributed by atoms with Crippen LogP contribution < -0.4 is 5.32 Å². The van der Waals surface area contributed by atoms with Crippen molar-refractivity contribution in [1.82, 2.24) is 15.3 Å². The van der Waals surface area contributed by atoms with E-state index in [2.05, 4.69) is 20.6 Å². The standard InChI is InChI=1S/C19H17N5O5S2/c1-2-5-15(25)28-9-8-20-12-10-14(16-17(23-29-22-16)18(12)24(26)27)31-19-21-11-6-3-4-7-13(11)30-19/h3-4,6-7,10,20H,2,5,8-9H2,1H3. The Labute approximate surface area is 184 Å². The van der Waals surface area contributed by atoms with Gasteiger partial charge in [0.25, 0.3) is 0 Å². The summed E-state index contributed by atoms with van der Waals surface area (Å²) in [6, 6.07) is 9.38. The van der Waals surface area contributed by atoms with Crippen molar-refractivity contribution in [2.45, 2.75) is 29.0 Å². The van der Waals surface area contributed by atoms with Gasteiger partial charge >= 0.3 is 11.7 Å². The Hall–Kier alpha value is -3.25. The number of benzene rings is 2. The maximum atomic E-state index is 11.7. The number of nitro benzene ring substituents is 1. The summed E-state index contributed by atoms with van der Waals surface area (Å²) in [5, 5.41) is 22.3. The van der Waals surface area contributed by atoms with Crippen LogP contribution in [-0.2, 0) is 9.53 Å². The first-order chi connectivity index (χ1) is 15.1. The van der Waals surface area contributed by atoms with Gasteiger partial charge in [-0.3, -0.25) is 14.9 Å². The predicted molar refractivity (Wildman–Crippen MR) is 117 cm³/mol. The number of hydrogen-bond donors (Lipinski definition) is 1. The number of nitro groups is 1. The summed E-state index contributed by atoms with van der Waals surface area (Å²) in [5.41, 5.74) is 1.20. The average Bonchev–Trinajstić information content (AvgIpc) is 3.37. The Kier molecular flexibility index (Phi) is 6.28. The molecule has 0 unspecified atom stereocenters. The van der Waals surface area contributed by atoms with E-state index < -0.39 is 4.92 Å². The van der Waals surface area contributed by atoms with Gasteiger partial charge in [0, 0.05) is 17.9 Å². The minimum absolute atomic E-state index is 0.0431. The molecule has 0 amide bonds. The molecule has 0 aliphatic rings. The molecule has 4 rings (SSSR count). The fourth-order valence-corrected chi connectivity index (χ4v) is 5.06. The molecule has 12 heteroatoms. The van der Waals surface area contributed by atoms with Crippen molar-refractivity contribution in [3.8, 4) is 0 Å². The van der Waals surface area contributed by atoms with Crippen molar-refractivity contribution in [2.24, 2.45) is 0 Å². The van der Waals surface area contributed by atoms with Crippen molar-refractivity contribution in [1.29, 1.82) is 0 Å². The second kappa shape index (κ2) is 9.27. The molecule has 0 aliphatic heterocycles. The van der Waals surface area contributed by atoms with Crippen LogP contribution in [0.1, 0.15) is 19.8 Å². The third-order valence-corrected chi connectivity index (χ3v) is 6.39. The molecule has 160 valence electrons. The number of aromatic nitrogens is 3. The van der Waals surface area contributed by atoms with Gasteiger partial charge in [-0.1, -0.05) is 30.8 Å². The zero-order chi connectivity index (χ0) is 21.8. The van der Waals surface area contributed by atoms with Gasteiger partial charge in [0.15, 0.2) is 9.86 Å². The molecule has 0 bridgehead atoms. The highest BCUT2D eigenvalue weighted by Gasteiger charge is 2.26. The molecule has 0 fully saturated rings. The van der Waals surface area contributed by atoms with Gasteiger partial charge in [-0.15, -0.1) is 11.3 Å². The quantitative estimate of drug-likeness (QED) is 0.163. The van der Waals surface area contributed by atoms with Crippen LogP contribution in [0.3, 0.4) is 0 Å². The molecule has 2 heterocycles.